The Balaban J connectivity index is 0.000000196. The number of fused-ring (bicyclic) bond motifs is 6. The molecule has 8 rings (SSSR count). The van der Waals surface area contributed by atoms with Crippen molar-refractivity contribution >= 4 is 100 Å². The fourth-order valence-corrected chi connectivity index (χ4v) is 12.2. The SMILES string of the molecule is CC(C)(C)c1cc(C(C)(C)C)c2op(Cl)oc3c(C(C)(C)C)cc(C(C)(C)C)cc3c2c1.Cc1cc(C(C)(C)C)ccc1OP(Cl)Oc1ccc(C(C)(C)C)cc1C(C)(C)C.Clp1oc2ccccc2c2ccccc2o1. The van der Waals surface area contributed by atoms with Crippen LogP contribution in [-0.4, -0.2) is 0 Å². The summed E-state index contributed by atoms with van der Waals surface area (Å²) in [5.41, 5.74) is 12.8. The summed E-state index contributed by atoms with van der Waals surface area (Å²) in [5, 5.41) is 4.20. The number of hydrogen-bond donors (Lipinski definition) is 0. The van der Waals surface area contributed by atoms with Gasteiger partial charge in [0, 0.05) is 60.7 Å². The average Bonchev–Trinajstić information content (AvgIpc) is 3.52. The van der Waals surface area contributed by atoms with Crippen molar-refractivity contribution in [3.8, 4) is 11.5 Å². The van der Waals surface area contributed by atoms with Crippen LogP contribution < -0.4 is 9.05 Å². The molecule has 0 fully saturated rings. The van der Waals surface area contributed by atoms with E-state index in [1.807, 2.05) is 67.6 Å². The van der Waals surface area contributed by atoms with Gasteiger partial charge in [0.2, 0.25) is 0 Å². The van der Waals surface area contributed by atoms with Gasteiger partial charge in [-0.25, -0.2) is 0 Å². The Morgan fingerprint density at radius 1 is 0.364 bits per heavy atom. The van der Waals surface area contributed by atoms with Crippen molar-refractivity contribution in [2.45, 2.75) is 190 Å². The second kappa shape index (κ2) is 23.2. The smallest absolute Gasteiger partial charge is 0.401 e. The third kappa shape index (κ3) is 15.7. The molecule has 416 valence electrons. The molecule has 2 aromatic heterocycles. The van der Waals surface area contributed by atoms with Gasteiger partial charge in [-0.1, -0.05) is 218 Å². The second-order valence-electron chi connectivity index (χ2n) is 27.4. The number of halogens is 3. The molecule has 8 aromatic rings. The van der Waals surface area contributed by atoms with E-state index < -0.39 is 22.5 Å². The van der Waals surface area contributed by atoms with E-state index in [1.54, 1.807) is 0 Å². The maximum absolute atomic E-state index is 6.70. The number of aryl methyl sites for hydroxylation is 1. The van der Waals surface area contributed by atoms with Crippen LogP contribution in [0.1, 0.15) is 190 Å². The molecule has 0 amide bonds. The van der Waals surface area contributed by atoms with Crippen molar-refractivity contribution in [1.29, 1.82) is 0 Å². The fourth-order valence-electron chi connectivity index (χ4n) is 8.76. The van der Waals surface area contributed by atoms with Gasteiger partial charge in [0.25, 0.3) is 0 Å². The van der Waals surface area contributed by atoms with Crippen LogP contribution in [0.5, 0.6) is 11.5 Å². The molecule has 77 heavy (non-hydrogen) atoms. The van der Waals surface area contributed by atoms with Gasteiger partial charge in [-0.3, -0.25) is 0 Å². The van der Waals surface area contributed by atoms with Gasteiger partial charge in [0.1, 0.15) is 33.8 Å². The van der Waals surface area contributed by atoms with Crippen molar-refractivity contribution in [2.75, 3.05) is 0 Å². The third-order valence-corrected chi connectivity index (χ3v) is 16.8. The van der Waals surface area contributed by atoms with Gasteiger partial charge in [-0.2, -0.15) is 0 Å². The Morgan fingerprint density at radius 3 is 1.08 bits per heavy atom. The number of hydrogen-bond acceptors (Lipinski definition) is 6. The molecular formula is C65H84Cl3O6P3. The molecule has 0 saturated carbocycles. The average molecular weight is 1160 g/mol. The van der Waals surface area contributed by atoms with Crippen LogP contribution in [0.2, 0.25) is 0 Å². The Bertz CT molecular complexity index is 3320. The normalized spacial score (nSPS) is 13.2. The highest BCUT2D eigenvalue weighted by Crippen LogP contribution is 2.50. The van der Waals surface area contributed by atoms with E-state index in [9.17, 15) is 0 Å². The van der Waals surface area contributed by atoms with E-state index in [-0.39, 0.29) is 37.9 Å². The van der Waals surface area contributed by atoms with Crippen LogP contribution >= 0.6 is 56.2 Å². The molecule has 6 aromatic carbocycles. The van der Waals surface area contributed by atoms with Crippen LogP contribution in [-0.2, 0) is 37.9 Å². The van der Waals surface area contributed by atoms with Crippen LogP contribution in [0.15, 0.2) is 126 Å². The van der Waals surface area contributed by atoms with Crippen LogP contribution in [0.25, 0.3) is 43.9 Å². The van der Waals surface area contributed by atoms with E-state index >= 15 is 0 Å². The van der Waals surface area contributed by atoms with E-state index in [0.717, 1.165) is 66.5 Å². The summed E-state index contributed by atoms with van der Waals surface area (Å²) in [4.78, 5) is 0. The molecule has 0 spiro atoms. The lowest BCUT2D eigenvalue weighted by molar-refractivity contribution is 0.482. The number of benzene rings is 6. The highest BCUT2D eigenvalue weighted by molar-refractivity contribution is 7.76. The molecule has 12 heteroatoms. The van der Waals surface area contributed by atoms with Gasteiger partial charge in [-0.15, -0.1) is 0 Å². The highest BCUT2D eigenvalue weighted by atomic mass is 35.7. The summed E-state index contributed by atoms with van der Waals surface area (Å²) in [6.07, 6.45) is 0. The summed E-state index contributed by atoms with van der Waals surface area (Å²) in [6.45, 7) is 48.8. The van der Waals surface area contributed by atoms with E-state index in [1.165, 1.54) is 33.4 Å². The van der Waals surface area contributed by atoms with Gasteiger partial charge in [-0.05, 0) is 120 Å². The molecule has 0 saturated heterocycles. The van der Waals surface area contributed by atoms with Gasteiger partial charge < -0.3 is 25.8 Å². The minimum absolute atomic E-state index is 0.00253. The lowest BCUT2D eigenvalue weighted by Gasteiger charge is -2.27. The molecular weight excluding hydrogens is 1080 g/mol. The Hall–Kier alpha value is -3.98. The molecule has 0 N–H and O–H groups in total. The maximum Gasteiger partial charge on any atom is 0.401 e. The quantitative estimate of drug-likeness (QED) is 0.164. The molecule has 6 nitrogen and oxygen atoms in total. The predicted molar refractivity (Wildman–Crippen MR) is 338 cm³/mol. The monoisotopic (exact) mass is 1160 g/mol. The summed E-state index contributed by atoms with van der Waals surface area (Å²) in [6, 6.07) is 37.4. The first-order valence-corrected chi connectivity index (χ1v) is 32.8. The molecule has 0 bridgehead atoms. The summed E-state index contributed by atoms with van der Waals surface area (Å²) in [7, 11) is -4.66. The Morgan fingerprint density at radius 2 is 0.701 bits per heavy atom. The summed E-state index contributed by atoms with van der Waals surface area (Å²) >= 11 is 19.2. The first-order chi connectivity index (χ1) is 35.2. The number of rotatable bonds is 4. The minimum Gasteiger partial charge on any atom is -0.427 e. The zero-order valence-electron chi connectivity index (χ0n) is 49.8. The van der Waals surface area contributed by atoms with Crippen molar-refractivity contribution in [3.63, 3.8) is 0 Å². The first-order valence-electron chi connectivity index (χ1n) is 26.5. The highest BCUT2D eigenvalue weighted by Gasteiger charge is 2.30. The lowest BCUT2D eigenvalue weighted by atomic mass is 9.77. The summed E-state index contributed by atoms with van der Waals surface area (Å²) in [5.74, 6) is 1.55. The van der Waals surface area contributed by atoms with Crippen molar-refractivity contribution in [1.82, 2.24) is 0 Å². The number of para-hydroxylation sites is 2. The van der Waals surface area contributed by atoms with E-state index in [2.05, 4.69) is 194 Å². The van der Waals surface area contributed by atoms with Gasteiger partial charge in [0.05, 0.1) is 0 Å². The largest absolute Gasteiger partial charge is 0.427 e. The van der Waals surface area contributed by atoms with E-state index in [0.29, 0.717) is 0 Å². The first kappa shape index (κ1) is 62.2. The molecule has 2 heterocycles. The Labute approximate surface area is 478 Å². The maximum atomic E-state index is 6.70. The lowest BCUT2D eigenvalue weighted by Crippen LogP contribution is -2.17. The van der Waals surface area contributed by atoms with Gasteiger partial charge in [0.15, 0.2) is 0 Å². The van der Waals surface area contributed by atoms with Gasteiger partial charge >= 0.3 is 22.5 Å². The van der Waals surface area contributed by atoms with E-state index in [4.69, 9.17) is 59.6 Å². The van der Waals surface area contributed by atoms with Crippen LogP contribution in [0.4, 0.5) is 0 Å². The zero-order chi connectivity index (χ0) is 57.6. The predicted octanol–water partition coefficient (Wildman–Crippen LogP) is 24.6. The fraction of sp³-hybridized carbons (Fsp3) is 0.446. The minimum atomic E-state index is -1.62. The van der Waals surface area contributed by atoms with Crippen LogP contribution in [0, 0.1) is 6.92 Å². The molecule has 1 atom stereocenters. The Kier molecular flexibility index (Phi) is 18.8. The third-order valence-electron chi connectivity index (χ3n) is 13.6. The van der Waals surface area contributed by atoms with Crippen molar-refractivity contribution in [2.24, 2.45) is 0 Å². The molecule has 0 aliphatic heterocycles. The molecule has 0 aliphatic carbocycles. The molecule has 0 aliphatic rings. The van der Waals surface area contributed by atoms with Crippen molar-refractivity contribution in [3.05, 3.63) is 154 Å². The standard InChI is InChI=1S/C28H40ClO2P.C25H36ClO2P.C12H8ClO2P/c1-25(2,3)17-13-19-20-14-18(26(4,5)6)16-22(28(10,11)12)24(20)31-32(29)30-23(19)21(15-17)27(7,8)9;1-17-15-18(23(2,3)4)11-13-21(17)27-29(26)28-22-14-12-19(24(5,6)7)16-20(22)25(8,9)10;13-16-14-11-7-3-1-5-9(11)10-6-2-4-8-12(10)15-16/h13-16H,1-12H3;11-16H,1-10H3;1-8H. The molecule has 0 radical (unpaired) electrons. The van der Waals surface area contributed by atoms with Crippen molar-refractivity contribution < 1.29 is 25.8 Å². The topological polar surface area (TPSA) is 71.0 Å². The summed E-state index contributed by atoms with van der Waals surface area (Å²) < 4.78 is 35.9. The zero-order valence-corrected chi connectivity index (χ0v) is 54.8. The van der Waals surface area contributed by atoms with Crippen LogP contribution in [0.3, 0.4) is 0 Å². The second-order valence-corrected chi connectivity index (χ2v) is 32.3. The molecule has 1 unspecified atom stereocenters.